The van der Waals surface area contributed by atoms with Gasteiger partial charge in [-0.1, -0.05) is 54.6 Å². The van der Waals surface area contributed by atoms with E-state index in [0.29, 0.717) is 6.54 Å². The first-order chi connectivity index (χ1) is 8.85. The zero-order valence-electron chi connectivity index (χ0n) is 10.4. The van der Waals surface area contributed by atoms with Crippen LogP contribution in [0.5, 0.6) is 0 Å². The molecule has 3 nitrogen and oxygen atoms in total. The van der Waals surface area contributed by atoms with E-state index in [1.54, 1.807) is 0 Å². The first kappa shape index (κ1) is 12.3. The maximum absolute atomic E-state index is 5.46. The largest absolute Gasteiger partial charge is 0.308 e. The molecule has 0 saturated carbocycles. The number of amidine groups is 1. The fraction of sp³-hybridized carbons (Fsp3) is 0.133. The van der Waals surface area contributed by atoms with Gasteiger partial charge in [-0.25, -0.2) is 5.84 Å². The monoisotopic (exact) mass is 239 g/mol. The van der Waals surface area contributed by atoms with E-state index < -0.39 is 0 Å². The predicted octanol–water partition coefficient (Wildman–Crippen LogP) is 2.58. The van der Waals surface area contributed by atoms with Crippen LogP contribution in [0.4, 0.5) is 0 Å². The van der Waals surface area contributed by atoms with Crippen LogP contribution in [0.25, 0.3) is 11.1 Å². The molecule has 0 amide bonds. The normalized spacial score (nSPS) is 11.3. The Hall–Kier alpha value is -2.13. The number of hydrogen-bond acceptors (Lipinski definition) is 2. The maximum Gasteiger partial charge on any atom is 0.142 e. The lowest BCUT2D eigenvalue weighted by Crippen LogP contribution is -2.31. The van der Waals surface area contributed by atoms with Crippen LogP contribution in [0.1, 0.15) is 12.5 Å². The summed E-state index contributed by atoms with van der Waals surface area (Å²) in [5, 5.41) is 0. The molecule has 2 aromatic carbocycles. The molecule has 0 bridgehead atoms. The van der Waals surface area contributed by atoms with Crippen molar-refractivity contribution in [2.24, 2.45) is 10.8 Å². The van der Waals surface area contributed by atoms with Crippen LogP contribution in [-0.4, -0.2) is 12.4 Å². The number of hydrogen-bond donors (Lipinski definition) is 2. The molecule has 0 heterocycles. The van der Waals surface area contributed by atoms with Gasteiger partial charge in [0.2, 0.25) is 0 Å². The van der Waals surface area contributed by atoms with Gasteiger partial charge in [0, 0.05) is 12.1 Å². The van der Waals surface area contributed by atoms with E-state index in [-0.39, 0.29) is 0 Å². The lowest BCUT2D eigenvalue weighted by Gasteiger charge is -2.07. The second-order valence-corrected chi connectivity index (χ2v) is 3.91. The van der Waals surface area contributed by atoms with Crippen LogP contribution < -0.4 is 11.3 Å². The van der Waals surface area contributed by atoms with E-state index in [0.717, 1.165) is 11.4 Å². The van der Waals surface area contributed by atoms with Gasteiger partial charge >= 0.3 is 0 Å². The molecule has 0 aliphatic carbocycles. The van der Waals surface area contributed by atoms with Crippen LogP contribution in [0.3, 0.4) is 0 Å². The second kappa shape index (κ2) is 5.98. The third-order valence-corrected chi connectivity index (χ3v) is 2.72. The molecule has 0 saturated heterocycles. The van der Waals surface area contributed by atoms with Crippen LogP contribution in [0.2, 0.25) is 0 Å². The van der Waals surface area contributed by atoms with E-state index in [1.165, 1.54) is 11.1 Å². The third kappa shape index (κ3) is 2.76. The number of nitrogens with zero attached hydrogens (tertiary/aromatic N) is 1. The van der Waals surface area contributed by atoms with Crippen molar-refractivity contribution in [3.63, 3.8) is 0 Å². The summed E-state index contributed by atoms with van der Waals surface area (Å²) in [6.45, 7) is 2.69. The Morgan fingerprint density at radius 3 is 2.17 bits per heavy atom. The van der Waals surface area contributed by atoms with E-state index in [2.05, 4.69) is 34.7 Å². The number of aliphatic imine (C=N–C) groups is 1. The van der Waals surface area contributed by atoms with Crippen LogP contribution in [-0.2, 0) is 0 Å². The van der Waals surface area contributed by atoms with Crippen molar-refractivity contribution < 1.29 is 0 Å². The molecular weight excluding hydrogens is 222 g/mol. The van der Waals surface area contributed by atoms with Gasteiger partial charge in [0.05, 0.1) is 0 Å². The summed E-state index contributed by atoms with van der Waals surface area (Å²) in [5.41, 5.74) is 6.02. The number of benzene rings is 2. The Balaban J connectivity index is 2.28. The Morgan fingerprint density at radius 2 is 1.61 bits per heavy atom. The van der Waals surface area contributed by atoms with Crippen molar-refractivity contribution in [2.75, 3.05) is 6.54 Å². The van der Waals surface area contributed by atoms with Gasteiger partial charge in [0.25, 0.3) is 0 Å². The average molecular weight is 239 g/mol. The summed E-state index contributed by atoms with van der Waals surface area (Å²) >= 11 is 0. The molecule has 18 heavy (non-hydrogen) atoms. The summed E-state index contributed by atoms with van der Waals surface area (Å²) in [7, 11) is 0. The zero-order chi connectivity index (χ0) is 12.8. The second-order valence-electron chi connectivity index (χ2n) is 3.91. The van der Waals surface area contributed by atoms with Crippen LogP contribution in [0.15, 0.2) is 59.6 Å². The molecular formula is C15H17N3. The molecule has 0 aliphatic heterocycles. The third-order valence-electron chi connectivity index (χ3n) is 2.72. The molecule has 0 aliphatic rings. The van der Waals surface area contributed by atoms with Crippen LogP contribution in [0, 0.1) is 0 Å². The van der Waals surface area contributed by atoms with E-state index in [9.17, 15) is 0 Å². The Kier molecular flexibility index (Phi) is 4.10. The fourth-order valence-corrected chi connectivity index (χ4v) is 1.83. The average Bonchev–Trinajstić information content (AvgIpc) is 2.46. The number of nitrogens with one attached hydrogen (secondary N) is 1. The molecule has 0 unspecified atom stereocenters. The molecule has 0 spiro atoms. The molecule has 0 aromatic heterocycles. The summed E-state index contributed by atoms with van der Waals surface area (Å²) in [5.74, 6) is 6.18. The highest BCUT2D eigenvalue weighted by atomic mass is 15.2. The summed E-state index contributed by atoms with van der Waals surface area (Å²) in [6, 6.07) is 18.5. The zero-order valence-corrected chi connectivity index (χ0v) is 10.4. The molecule has 3 heteroatoms. The minimum atomic E-state index is 0.708. The first-order valence-corrected chi connectivity index (χ1v) is 6.02. The van der Waals surface area contributed by atoms with Crippen molar-refractivity contribution >= 4 is 5.84 Å². The van der Waals surface area contributed by atoms with Gasteiger partial charge in [-0.05, 0) is 18.1 Å². The smallest absolute Gasteiger partial charge is 0.142 e. The summed E-state index contributed by atoms with van der Waals surface area (Å²) in [6.07, 6.45) is 0. The van der Waals surface area contributed by atoms with Crippen molar-refractivity contribution in [3.05, 3.63) is 60.2 Å². The van der Waals surface area contributed by atoms with Crippen LogP contribution >= 0.6 is 0 Å². The molecule has 0 fully saturated rings. The highest BCUT2D eigenvalue weighted by Gasteiger charge is 2.01. The Labute approximate surface area is 107 Å². The molecule has 2 rings (SSSR count). The molecule has 0 radical (unpaired) electrons. The lowest BCUT2D eigenvalue weighted by atomic mass is 10.0. The molecule has 92 valence electrons. The van der Waals surface area contributed by atoms with Gasteiger partial charge in [0.15, 0.2) is 0 Å². The van der Waals surface area contributed by atoms with Crippen molar-refractivity contribution in [3.8, 4) is 11.1 Å². The fourth-order valence-electron chi connectivity index (χ4n) is 1.83. The minimum absolute atomic E-state index is 0.708. The molecule has 0 atom stereocenters. The highest BCUT2D eigenvalue weighted by Crippen LogP contribution is 2.19. The molecule has 3 N–H and O–H groups in total. The van der Waals surface area contributed by atoms with E-state index in [4.69, 9.17) is 5.84 Å². The quantitative estimate of drug-likeness (QED) is 0.374. The van der Waals surface area contributed by atoms with Crippen molar-refractivity contribution in [1.29, 1.82) is 0 Å². The standard InChI is InChI=1S/C15H17N3/c1-2-17-15(18-16)14-10-8-13(9-11-14)12-6-4-3-5-7-12/h3-11H,2,16H2,1H3,(H,17,18). The summed E-state index contributed by atoms with van der Waals surface area (Å²) in [4.78, 5) is 4.30. The van der Waals surface area contributed by atoms with Gasteiger partial charge in [-0.15, -0.1) is 0 Å². The van der Waals surface area contributed by atoms with E-state index >= 15 is 0 Å². The molecule has 2 aromatic rings. The van der Waals surface area contributed by atoms with Gasteiger partial charge < -0.3 is 5.43 Å². The van der Waals surface area contributed by atoms with Gasteiger partial charge in [-0.3, -0.25) is 4.99 Å². The van der Waals surface area contributed by atoms with Crippen molar-refractivity contribution in [2.45, 2.75) is 6.92 Å². The van der Waals surface area contributed by atoms with E-state index in [1.807, 2.05) is 37.3 Å². The predicted molar refractivity (Wildman–Crippen MR) is 76.3 cm³/mol. The first-order valence-electron chi connectivity index (χ1n) is 6.02. The number of nitrogens with two attached hydrogens (primary N) is 1. The Bertz CT molecular complexity index is 515. The maximum atomic E-state index is 5.46. The van der Waals surface area contributed by atoms with Gasteiger partial charge in [0.1, 0.15) is 5.84 Å². The lowest BCUT2D eigenvalue weighted by molar-refractivity contribution is 0.992. The number of hydrazine groups is 1. The van der Waals surface area contributed by atoms with Crippen molar-refractivity contribution in [1.82, 2.24) is 5.43 Å². The minimum Gasteiger partial charge on any atom is -0.308 e. The highest BCUT2D eigenvalue weighted by molar-refractivity contribution is 5.98. The topological polar surface area (TPSA) is 50.4 Å². The SMILES string of the molecule is CCN=C(NN)c1ccc(-c2ccccc2)cc1. The van der Waals surface area contributed by atoms with Gasteiger partial charge in [-0.2, -0.15) is 0 Å². The summed E-state index contributed by atoms with van der Waals surface area (Å²) < 4.78 is 0. The Morgan fingerprint density at radius 1 is 1.00 bits per heavy atom. The number of rotatable bonds is 3.